The first-order valence-corrected chi connectivity index (χ1v) is 10.6. The second-order valence-corrected chi connectivity index (χ2v) is 7.93. The van der Waals surface area contributed by atoms with Crippen LogP contribution in [0.25, 0.3) is 0 Å². The van der Waals surface area contributed by atoms with E-state index in [4.69, 9.17) is 33.1 Å². The van der Waals surface area contributed by atoms with E-state index in [1.165, 1.54) is 0 Å². The number of nitrogens with two attached hydrogens (primary N) is 4. The molecular formula is C19H36N8O7. The molecule has 4 atom stereocenters. The number of aliphatic hydroxyl groups is 1. The van der Waals surface area contributed by atoms with Crippen LogP contribution in [0, 0.1) is 5.92 Å². The van der Waals surface area contributed by atoms with E-state index in [1.54, 1.807) is 13.8 Å². The zero-order chi connectivity index (χ0) is 26.4. The molecule has 0 radical (unpaired) electrons. The van der Waals surface area contributed by atoms with Crippen LogP contribution in [0.2, 0.25) is 0 Å². The van der Waals surface area contributed by atoms with Gasteiger partial charge in [-0.3, -0.25) is 24.2 Å². The zero-order valence-corrected chi connectivity index (χ0v) is 19.3. The summed E-state index contributed by atoms with van der Waals surface area (Å²) < 4.78 is 0. The lowest BCUT2D eigenvalue weighted by Gasteiger charge is -2.26. The molecule has 0 aromatic carbocycles. The van der Waals surface area contributed by atoms with E-state index in [1.807, 2.05) is 0 Å². The number of aliphatic imine (C=N–C) groups is 1. The van der Waals surface area contributed by atoms with Gasteiger partial charge in [-0.1, -0.05) is 13.8 Å². The highest BCUT2D eigenvalue weighted by Gasteiger charge is 2.31. The summed E-state index contributed by atoms with van der Waals surface area (Å²) in [6.45, 7) is 2.70. The predicted octanol–water partition coefficient (Wildman–Crippen LogP) is -4.18. The Morgan fingerprint density at radius 3 is 1.94 bits per heavy atom. The number of hydrogen-bond donors (Lipinski definition) is 9. The van der Waals surface area contributed by atoms with Gasteiger partial charge in [-0.25, -0.2) is 4.79 Å². The van der Waals surface area contributed by atoms with Crippen molar-refractivity contribution in [2.75, 3.05) is 13.2 Å². The lowest BCUT2D eigenvalue weighted by Crippen LogP contribution is -2.58. The summed E-state index contributed by atoms with van der Waals surface area (Å²) in [7, 11) is 0. The largest absolute Gasteiger partial charge is 0.480 e. The number of carbonyl (C=O) groups excluding carboxylic acids is 4. The highest BCUT2D eigenvalue weighted by molar-refractivity contribution is 5.94. The lowest BCUT2D eigenvalue weighted by atomic mass is 10.0. The third-order valence-corrected chi connectivity index (χ3v) is 4.66. The molecule has 34 heavy (non-hydrogen) atoms. The first kappa shape index (κ1) is 30.5. The fourth-order valence-corrected chi connectivity index (χ4v) is 2.72. The van der Waals surface area contributed by atoms with Crippen LogP contribution < -0.4 is 38.9 Å². The van der Waals surface area contributed by atoms with Crippen molar-refractivity contribution in [1.29, 1.82) is 0 Å². The number of aliphatic hydroxyl groups excluding tert-OH is 1. The standard InChI is InChI=1S/C19H36N8O7/c1-9(2)14(27-15(30)10(20)4-3-7-24-19(22)23)17(32)25-11(5-6-13(21)29)16(31)26-12(8-28)18(33)34/h9-12,14,28H,3-8,20H2,1-2H3,(H2,21,29)(H,25,32)(H,26,31)(H,27,30)(H,33,34)(H4,22,23,24). The summed E-state index contributed by atoms with van der Waals surface area (Å²) in [6, 6.07) is -5.00. The zero-order valence-electron chi connectivity index (χ0n) is 19.3. The molecule has 4 unspecified atom stereocenters. The average Bonchev–Trinajstić information content (AvgIpc) is 2.74. The number of aliphatic carboxylic acids is 1. The molecule has 15 heteroatoms. The van der Waals surface area contributed by atoms with Gasteiger partial charge in [0.2, 0.25) is 23.6 Å². The highest BCUT2D eigenvalue weighted by Crippen LogP contribution is 2.07. The van der Waals surface area contributed by atoms with Gasteiger partial charge in [0.25, 0.3) is 0 Å². The Morgan fingerprint density at radius 2 is 1.47 bits per heavy atom. The summed E-state index contributed by atoms with van der Waals surface area (Å²) in [6.07, 6.45) is 0.161. The number of nitrogens with one attached hydrogen (secondary N) is 3. The van der Waals surface area contributed by atoms with Gasteiger partial charge in [0.1, 0.15) is 18.1 Å². The van der Waals surface area contributed by atoms with E-state index >= 15 is 0 Å². The average molecular weight is 489 g/mol. The first-order valence-electron chi connectivity index (χ1n) is 10.6. The topological polar surface area (TPSA) is 278 Å². The van der Waals surface area contributed by atoms with Crippen LogP contribution in [0.5, 0.6) is 0 Å². The molecule has 0 heterocycles. The van der Waals surface area contributed by atoms with E-state index in [-0.39, 0.29) is 31.8 Å². The number of primary amides is 1. The predicted molar refractivity (Wildman–Crippen MR) is 122 cm³/mol. The first-order chi connectivity index (χ1) is 15.8. The minimum Gasteiger partial charge on any atom is -0.480 e. The molecule has 0 aromatic rings. The van der Waals surface area contributed by atoms with E-state index in [0.717, 1.165) is 0 Å². The lowest BCUT2D eigenvalue weighted by molar-refractivity contribution is -0.143. The number of guanidine groups is 1. The SMILES string of the molecule is CC(C)C(NC(=O)C(N)CCCN=C(N)N)C(=O)NC(CCC(N)=O)C(=O)NC(CO)C(=O)O. The van der Waals surface area contributed by atoms with Gasteiger partial charge >= 0.3 is 5.97 Å². The molecule has 0 bridgehead atoms. The molecular weight excluding hydrogens is 452 g/mol. The van der Waals surface area contributed by atoms with Crippen LogP contribution in [-0.4, -0.2) is 83.1 Å². The molecule has 4 amide bonds. The summed E-state index contributed by atoms with van der Waals surface area (Å²) in [5, 5.41) is 25.1. The number of hydrogen-bond acceptors (Lipinski definition) is 8. The number of carboxylic acid groups (broad SMARTS) is 1. The third kappa shape index (κ3) is 12.0. The van der Waals surface area contributed by atoms with E-state index in [0.29, 0.717) is 6.42 Å². The molecule has 0 saturated heterocycles. The van der Waals surface area contributed by atoms with E-state index in [2.05, 4.69) is 20.9 Å². The smallest absolute Gasteiger partial charge is 0.328 e. The molecule has 15 nitrogen and oxygen atoms in total. The summed E-state index contributed by atoms with van der Waals surface area (Å²) in [5.74, 6) is -5.04. The van der Waals surface area contributed by atoms with Gasteiger partial charge in [0.15, 0.2) is 5.96 Å². The highest BCUT2D eigenvalue weighted by atomic mass is 16.4. The van der Waals surface area contributed by atoms with Crippen LogP contribution in [-0.2, 0) is 24.0 Å². The maximum Gasteiger partial charge on any atom is 0.328 e. The molecule has 0 rings (SSSR count). The second kappa shape index (κ2) is 15.4. The normalized spacial score (nSPS) is 14.3. The second-order valence-electron chi connectivity index (χ2n) is 7.93. The summed E-state index contributed by atoms with van der Waals surface area (Å²) in [4.78, 5) is 63.8. The molecule has 0 aliphatic rings. The van der Waals surface area contributed by atoms with Crippen molar-refractivity contribution in [3.63, 3.8) is 0 Å². The van der Waals surface area contributed by atoms with Gasteiger partial charge in [-0.2, -0.15) is 0 Å². The minimum atomic E-state index is -1.61. The Hall–Kier alpha value is -3.46. The Labute approximate surface area is 197 Å². The van der Waals surface area contributed by atoms with Crippen LogP contribution in [0.1, 0.15) is 39.5 Å². The summed E-state index contributed by atoms with van der Waals surface area (Å²) >= 11 is 0. The summed E-state index contributed by atoms with van der Waals surface area (Å²) in [5.41, 5.74) is 21.4. The molecule has 0 saturated carbocycles. The van der Waals surface area contributed by atoms with Gasteiger partial charge in [-0.05, 0) is 25.2 Å². The van der Waals surface area contributed by atoms with Crippen LogP contribution in [0.3, 0.4) is 0 Å². The molecule has 0 aromatic heterocycles. The van der Waals surface area contributed by atoms with Crippen LogP contribution >= 0.6 is 0 Å². The molecule has 194 valence electrons. The maximum atomic E-state index is 12.9. The van der Waals surface area contributed by atoms with Crippen molar-refractivity contribution in [2.45, 2.75) is 63.7 Å². The fraction of sp³-hybridized carbons (Fsp3) is 0.684. The van der Waals surface area contributed by atoms with Crippen molar-refractivity contribution in [1.82, 2.24) is 16.0 Å². The Morgan fingerprint density at radius 1 is 0.882 bits per heavy atom. The quantitative estimate of drug-likeness (QED) is 0.0573. The fourth-order valence-electron chi connectivity index (χ4n) is 2.72. The van der Waals surface area contributed by atoms with E-state index < -0.39 is 66.3 Å². The molecule has 0 spiro atoms. The maximum absolute atomic E-state index is 12.9. The van der Waals surface area contributed by atoms with E-state index in [9.17, 15) is 24.0 Å². The van der Waals surface area contributed by atoms with Crippen molar-refractivity contribution in [2.24, 2.45) is 33.8 Å². The van der Waals surface area contributed by atoms with Gasteiger partial charge in [0, 0.05) is 13.0 Å². The number of amides is 4. The minimum absolute atomic E-state index is 0.0850. The monoisotopic (exact) mass is 488 g/mol. The van der Waals surface area contributed by atoms with Gasteiger partial charge in [0.05, 0.1) is 12.6 Å². The number of carboxylic acids is 1. The Kier molecular flexibility index (Phi) is 13.8. The van der Waals surface area contributed by atoms with Crippen molar-refractivity contribution in [3.05, 3.63) is 0 Å². The van der Waals surface area contributed by atoms with Crippen LogP contribution in [0.4, 0.5) is 0 Å². The Bertz CT molecular complexity index is 755. The van der Waals surface area contributed by atoms with Crippen LogP contribution in [0.15, 0.2) is 4.99 Å². The molecule has 0 fully saturated rings. The molecule has 13 N–H and O–H groups in total. The van der Waals surface area contributed by atoms with Crippen molar-refractivity contribution < 1.29 is 34.2 Å². The molecule has 0 aliphatic carbocycles. The third-order valence-electron chi connectivity index (χ3n) is 4.66. The number of nitrogens with zero attached hydrogens (tertiary/aromatic N) is 1. The van der Waals surface area contributed by atoms with Gasteiger partial charge < -0.3 is 49.1 Å². The number of carbonyl (C=O) groups is 5. The van der Waals surface area contributed by atoms with Crippen molar-refractivity contribution in [3.8, 4) is 0 Å². The number of rotatable bonds is 16. The molecule has 0 aliphatic heterocycles. The van der Waals surface area contributed by atoms with Gasteiger partial charge in [-0.15, -0.1) is 0 Å². The van der Waals surface area contributed by atoms with Crippen molar-refractivity contribution >= 4 is 35.6 Å². The Balaban J connectivity index is 5.28.